The van der Waals surface area contributed by atoms with Crippen molar-refractivity contribution in [1.82, 2.24) is 37.2 Å². The topological polar surface area (TPSA) is 314 Å². The summed E-state index contributed by atoms with van der Waals surface area (Å²) in [6, 6.07) is 19.9. The first-order valence-electron chi connectivity index (χ1n) is 20.9. The van der Waals surface area contributed by atoms with Gasteiger partial charge in [0.05, 0.1) is 19.7 Å². The van der Waals surface area contributed by atoms with E-state index in [1.54, 1.807) is 84.9 Å². The maximum absolute atomic E-state index is 14.2. The summed E-state index contributed by atoms with van der Waals surface area (Å²) in [6.07, 6.45) is 1.92. The number of aliphatic imine (C=N–C) groups is 1. The second-order valence-electron chi connectivity index (χ2n) is 14.7. The summed E-state index contributed by atoms with van der Waals surface area (Å²) in [5.41, 5.74) is 19.0. The number of unbranched alkanes of at least 4 members (excludes halogenated alkanes) is 1. The van der Waals surface area contributed by atoms with E-state index in [0.717, 1.165) is 12.0 Å². The summed E-state index contributed by atoms with van der Waals surface area (Å²) in [5.74, 6) is -5.01. The lowest BCUT2D eigenvalue weighted by Gasteiger charge is -2.27. The molecule has 3 aromatic carbocycles. The van der Waals surface area contributed by atoms with Gasteiger partial charge in [-0.05, 0) is 42.4 Å². The zero-order chi connectivity index (χ0) is 46.0. The summed E-state index contributed by atoms with van der Waals surface area (Å²) in [7, 11) is 0. The molecule has 3 rings (SSSR count). The first-order chi connectivity index (χ1) is 30.3. The van der Waals surface area contributed by atoms with E-state index >= 15 is 0 Å². The molecule has 340 valence electrons. The van der Waals surface area contributed by atoms with Crippen molar-refractivity contribution < 1.29 is 38.7 Å². The van der Waals surface area contributed by atoms with Crippen LogP contribution in [0.15, 0.2) is 96.0 Å². The van der Waals surface area contributed by atoms with Gasteiger partial charge in [-0.2, -0.15) is 0 Å². The highest BCUT2D eigenvalue weighted by atomic mass is 16.3. The highest BCUT2D eigenvalue weighted by molar-refractivity contribution is 5.97. The molecule has 0 spiro atoms. The van der Waals surface area contributed by atoms with Gasteiger partial charge in [0.1, 0.15) is 30.2 Å². The molecule has 0 aliphatic rings. The number of rotatable bonds is 27. The van der Waals surface area contributed by atoms with Crippen molar-refractivity contribution in [2.75, 3.05) is 32.8 Å². The molecule has 0 aliphatic carbocycles. The molecule has 0 aromatic heterocycles. The smallest absolute Gasteiger partial charge is 0.245 e. The summed E-state index contributed by atoms with van der Waals surface area (Å²) < 4.78 is 0. The second-order valence-corrected chi connectivity index (χ2v) is 14.7. The number of primary amides is 1. The van der Waals surface area contributed by atoms with Crippen LogP contribution >= 0.6 is 0 Å². The Balaban J connectivity index is 1.83. The van der Waals surface area contributed by atoms with Crippen LogP contribution in [0.3, 0.4) is 0 Å². The predicted molar refractivity (Wildman–Crippen MR) is 237 cm³/mol. The molecule has 5 atom stereocenters. The van der Waals surface area contributed by atoms with E-state index in [-0.39, 0.29) is 38.2 Å². The minimum absolute atomic E-state index is 0.0106. The van der Waals surface area contributed by atoms with Crippen molar-refractivity contribution in [1.29, 1.82) is 0 Å². The molecule has 7 amide bonds. The largest absolute Gasteiger partial charge is 0.394 e. The predicted octanol–water partition coefficient (Wildman–Crippen LogP) is -1.82. The Bertz CT molecular complexity index is 1950. The monoisotopic (exact) mass is 871 g/mol. The summed E-state index contributed by atoms with van der Waals surface area (Å²) in [6.45, 7) is 1.26. The van der Waals surface area contributed by atoms with E-state index in [4.69, 9.17) is 17.2 Å². The first-order valence-corrected chi connectivity index (χ1v) is 20.9. The Morgan fingerprint density at radius 3 is 1.51 bits per heavy atom. The lowest BCUT2D eigenvalue weighted by atomic mass is 10.0. The Labute approximate surface area is 367 Å². The van der Waals surface area contributed by atoms with Gasteiger partial charge in [0.15, 0.2) is 5.96 Å². The van der Waals surface area contributed by atoms with Gasteiger partial charge in [0.2, 0.25) is 41.4 Å². The molecule has 0 fully saturated rings. The summed E-state index contributed by atoms with van der Waals surface area (Å²) in [4.78, 5) is 96.7. The molecule has 0 unspecified atom stereocenters. The molecule has 19 heteroatoms. The van der Waals surface area contributed by atoms with E-state index in [9.17, 15) is 38.7 Å². The van der Waals surface area contributed by atoms with Gasteiger partial charge in [-0.25, -0.2) is 0 Å². The number of nitrogens with zero attached hydrogens (tertiary/aromatic N) is 1. The van der Waals surface area contributed by atoms with E-state index in [0.29, 0.717) is 37.1 Å². The fraction of sp³-hybridized carbons (Fsp3) is 0.409. The molecule has 0 radical (unpaired) electrons. The van der Waals surface area contributed by atoms with Crippen molar-refractivity contribution in [3.05, 3.63) is 108 Å². The van der Waals surface area contributed by atoms with E-state index in [1.807, 2.05) is 13.0 Å². The summed E-state index contributed by atoms with van der Waals surface area (Å²) >= 11 is 0. The lowest BCUT2D eigenvalue weighted by Crippen LogP contribution is -2.60. The third-order valence-electron chi connectivity index (χ3n) is 9.60. The molecule has 0 bridgehead atoms. The number of benzene rings is 3. The van der Waals surface area contributed by atoms with Crippen molar-refractivity contribution in [3.8, 4) is 0 Å². The molecular weight excluding hydrogens is 811 g/mol. The zero-order valence-corrected chi connectivity index (χ0v) is 35.5. The van der Waals surface area contributed by atoms with Gasteiger partial charge >= 0.3 is 0 Å². The fourth-order valence-electron chi connectivity index (χ4n) is 6.22. The number of amides is 7. The molecule has 0 aliphatic heterocycles. The van der Waals surface area contributed by atoms with Crippen LogP contribution in [-0.4, -0.2) is 115 Å². The normalized spacial score (nSPS) is 13.5. The molecular formula is C44H61N11O8. The molecule has 19 nitrogen and oxygen atoms in total. The van der Waals surface area contributed by atoms with Crippen LogP contribution in [0.1, 0.15) is 49.3 Å². The second kappa shape index (κ2) is 27.9. The highest BCUT2D eigenvalue weighted by Crippen LogP contribution is 2.10. The molecule has 14 N–H and O–H groups in total. The Hall–Kier alpha value is -6.86. The average molecular weight is 872 g/mol. The van der Waals surface area contributed by atoms with Crippen LogP contribution in [0.4, 0.5) is 0 Å². The number of nitrogens with one attached hydrogen (secondary N) is 7. The maximum Gasteiger partial charge on any atom is 0.245 e. The Morgan fingerprint density at radius 1 is 0.571 bits per heavy atom. The zero-order valence-electron chi connectivity index (χ0n) is 35.5. The number of hydrogen-bond donors (Lipinski definition) is 11. The van der Waals surface area contributed by atoms with Crippen molar-refractivity contribution in [2.45, 2.75) is 82.1 Å². The van der Waals surface area contributed by atoms with Crippen LogP contribution < -0.4 is 54.4 Å². The van der Waals surface area contributed by atoms with Crippen LogP contribution in [0.2, 0.25) is 0 Å². The van der Waals surface area contributed by atoms with Crippen LogP contribution in [0.25, 0.3) is 0 Å². The van der Waals surface area contributed by atoms with Crippen molar-refractivity contribution >= 4 is 47.3 Å². The van der Waals surface area contributed by atoms with Gasteiger partial charge in [-0.1, -0.05) is 97.9 Å². The van der Waals surface area contributed by atoms with Crippen LogP contribution in [0.5, 0.6) is 0 Å². The third-order valence-corrected chi connectivity index (χ3v) is 9.60. The van der Waals surface area contributed by atoms with Gasteiger partial charge in [-0.3, -0.25) is 38.6 Å². The third kappa shape index (κ3) is 19.2. The standard InChI is InChI=1S/C44H61N11O8/c1-2-21-48-44(47)49-22-13-12-20-32(40(60)53-33(39(46)59)23-29-14-6-3-7-15-29)52-42(62)35(25-31-18-10-5-11-19-31)54-43(63)36(28-56)55-41(61)34(24-30-16-8-4-9-17-30)51-38(58)27-50-37(57)26-45/h3-11,14-19,32-36,56H,2,12-13,20-28,45H2,1H3,(H2,46,59)(H,50,57)(H,51,58)(H,52,62)(H,53,60)(H,54,63)(H,55,61)(H3,47,48,49)/t32-,33-,34-,35-,36-/m0/s1. The summed E-state index contributed by atoms with van der Waals surface area (Å²) in [5, 5.41) is 28.7. The molecule has 0 heterocycles. The fourth-order valence-corrected chi connectivity index (χ4v) is 6.22. The number of aliphatic hydroxyl groups excluding tert-OH is 1. The number of guanidine groups is 1. The maximum atomic E-state index is 14.2. The van der Waals surface area contributed by atoms with E-state index in [2.05, 4.69) is 42.2 Å². The number of carbonyl (C=O) groups is 7. The Morgan fingerprint density at radius 2 is 1.02 bits per heavy atom. The molecule has 63 heavy (non-hydrogen) atoms. The quantitative estimate of drug-likeness (QED) is 0.0230. The minimum Gasteiger partial charge on any atom is -0.394 e. The van der Waals surface area contributed by atoms with E-state index in [1.165, 1.54) is 0 Å². The Kier molecular flexibility index (Phi) is 22.3. The number of hydrogen-bond acceptors (Lipinski definition) is 10. The van der Waals surface area contributed by atoms with Crippen molar-refractivity contribution in [3.63, 3.8) is 0 Å². The van der Waals surface area contributed by atoms with Crippen molar-refractivity contribution in [2.24, 2.45) is 22.2 Å². The highest BCUT2D eigenvalue weighted by Gasteiger charge is 2.32. The van der Waals surface area contributed by atoms with Gasteiger partial charge < -0.3 is 59.5 Å². The van der Waals surface area contributed by atoms with Crippen LogP contribution in [-0.2, 0) is 52.8 Å². The number of aliphatic hydroxyl groups is 1. The average Bonchev–Trinajstić information content (AvgIpc) is 3.28. The number of nitrogens with two attached hydrogens (primary N) is 3. The number of carbonyl (C=O) groups excluding carboxylic acids is 7. The van der Waals surface area contributed by atoms with Gasteiger partial charge in [0, 0.05) is 32.4 Å². The van der Waals surface area contributed by atoms with Gasteiger partial charge in [0.25, 0.3) is 0 Å². The molecule has 0 saturated heterocycles. The minimum atomic E-state index is -1.59. The lowest BCUT2D eigenvalue weighted by molar-refractivity contribution is -0.135. The van der Waals surface area contributed by atoms with Crippen LogP contribution in [0, 0.1) is 0 Å². The first kappa shape index (κ1) is 50.5. The SMILES string of the molecule is CCCN=C(N)NCCCC[C@H](NC(=O)[C@H](Cc1ccccc1)NC(=O)[C@H](CO)NC(=O)[C@H](Cc1ccccc1)NC(=O)CNC(=O)CN)C(=O)N[C@@H](Cc1ccccc1)C(N)=O. The molecule has 3 aromatic rings. The van der Waals surface area contributed by atoms with Gasteiger partial charge in [-0.15, -0.1) is 0 Å². The van der Waals surface area contributed by atoms with E-state index < -0.39 is 84.7 Å². The molecule has 0 saturated carbocycles.